The molecule has 0 aliphatic carbocycles. The summed E-state index contributed by atoms with van der Waals surface area (Å²) in [6, 6.07) is 6.94. The van der Waals surface area contributed by atoms with E-state index in [2.05, 4.69) is 5.16 Å². The van der Waals surface area contributed by atoms with Gasteiger partial charge in [0.2, 0.25) is 0 Å². The molecular formula is C11H5Cl2NO2. The molecule has 0 radical (unpaired) electrons. The standard InChI is InChI=1S/C11H5Cl2NO2/c12-6-4-7-10(9-2-1-3-15-9)14-16-11(7)8(13)5-6/h1-5H. The number of nitrogens with zero attached hydrogens (tertiary/aromatic N) is 1. The van der Waals surface area contributed by atoms with Crippen LogP contribution in [0.1, 0.15) is 0 Å². The zero-order valence-electron chi connectivity index (χ0n) is 7.91. The van der Waals surface area contributed by atoms with Gasteiger partial charge in [-0.3, -0.25) is 0 Å². The normalized spacial score (nSPS) is 11.1. The molecule has 2 aromatic heterocycles. The van der Waals surface area contributed by atoms with E-state index in [0.29, 0.717) is 27.1 Å². The van der Waals surface area contributed by atoms with E-state index in [1.807, 2.05) is 0 Å². The van der Waals surface area contributed by atoms with Crippen LogP contribution < -0.4 is 0 Å². The summed E-state index contributed by atoms with van der Waals surface area (Å²) in [5.41, 5.74) is 1.11. The van der Waals surface area contributed by atoms with Crippen LogP contribution in [0.3, 0.4) is 0 Å². The van der Waals surface area contributed by atoms with Crippen LogP contribution in [0.25, 0.3) is 22.4 Å². The minimum Gasteiger partial charge on any atom is -0.463 e. The summed E-state index contributed by atoms with van der Waals surface area (Å²) in [6.45, 7) is 0. The molecule has 0 atom stereocenters. The van der Waals surface area contributed by atoms with Crippen LogP contribution in [-0.2, 0) is 0 Å². The van der Waals surface area contributed by atoms with Gasteiger partial charge in [-0.2, -0.15) is 0 Å². The van der Waals surface area contributed by atoms with E-state index in [1.165, 1.54) is 0 Å². The molecule has 0 aliphatic heterocycles. The average Bonchev–Trinajstić information content (AvgIpc) is 2.83. The van der Waals surface area contributed by atoms with Gasteiger partial charge in [0, 0.05) is 5.02 Å². The summed E-state index contributed by atoms with van der Waals surface area (Å²) in [5, 5.41) is 5.64. The maximum atomic E-state index is 5.99. The topological polar surface area (TPSA) is 39.2 Å². The Bertz CT molecular complexity index is 643. The first kappa shape index (κ1) is 9.75. The highest BCUT2D eigenvalue weighted by molar-refractivity contribution is 6.38. The monoisotopic (exact) mass is 253 g/mol. The molecular weight excluding hydrogens is 249 g/mol. The van der Waals surface area contributed by atoms with Crippen LogP contribution in [0.4, 0.5) is 0 Å². The Morgan fingerprint density at radius 1 is 1.19 bits per heavy atom. The Hall–Kier alpha value is -1.45. The number of benzene rings is 1. The van der Waals surface area contributed by atoms with Crippen molar-refractivity contribution in [2.75, 3.05) is 0 Å². The van der Waals surface area contributed by atoms with Crippen LogP contribution >= 0.6 is 23.2 Å². The van der Waals surface area contributed by atoms with Crippen molar-refractivity contribution >= 4 is 34.2 Å². The molecule has 0 spiro atoms. The first-order valence-corrected chi connectivity index (χ1v) is 5.29. The fourth-order valence-electron chi connectivity index (χ4n) is 1.56. The van der Waals surface area contributed by atoms with Gasteiger partial charge in [0.05, 0.1) is 16.7 Å². The lowest BCUT2D eigenvalue weighted by molar-refractivity contribution is 0.455. The molecule has 0 bridgehead atoms. The van der Waals surface area contributed by atoms with Crippen molar-refractivity contribution in [2.24, 2.45) is 0 Å². The van der Waals surface area contributed by atoms with Crippen molar-refractivity contribution < 1.29 is 8.94 Å². The lowest BCUT2D eigenvalue weighted by Gasteiger charge is -1.94. The Morgan fingerprint density at radius 3 is 2.81 bits per heavy atom. The Morgan fingerprint density at radius 2 is 2.06 bits per heavy atom. The number of aromatic nitrogens is 1. The second-order valence-electron chi connectivity index (χ2n) is 3.27. The number of hydrogen-bond acceptors (Lipinski definition) is 3. The van der Waals surface area contributed by atoms with Crippen molar-refractivity contribution in [1.82, 2.24) is 5.16 Å². The number of fused-ring (bicyclic) bond motifs is 1. The van der Waals surface area contributed by atoms with Gasteiger partial charge >= 0.3 is 0 Å². The Balaban J connectivity index is 2.35. The molecule has 0 saturated heterocycles. The molecule has 2 heterocycles. The van der Waals surface area contributed by atoms with Gasteiger partial charge in [0.15, 0.2) is 17.0 Å². The SMILES string of the molecule is Clc1cc(Cl)c2onc(-c3ccco3)c2c1. The van der Waals surface area contributed by atoms with Crippen LogP contribution in [-0.4, -0.2) is 5.16 Å². The highest BCUT2D eigenvalue weighted by atomic mass is 35.5. The van der Waals surface area contributed by atoms with Gasteiger partial charge in [-0.05, 0) is 24.3 Å². The lowest BCUT2D eigenvalue weighted by Crippen LogP contribution is -1.74. The zero-order chi connectivity index (χ0) is 11.1. The second-order valence-corrected chi connectivity index (χ2v) is 4.12. The molecule has 16 heavy (non-hydrogen) atoms. The highest BCUT2D eigenvalue weighted by Crippen LogP contribution is 2.34. The maximum absolute atomic E-state index is 5.99. The van der Waals surface area contributed by atoms with Gasteiger partial charge < -0.3 is 8.94 Å². The van der Waals surface area contributed by atoms with E-state index in [9.17, 15) is 0 Å². The average molecular weight is 254 g/mol. The summed E-state index contributed by atoms with van der Waals surface area (Å²) in [7, 11) is 0. The van der Waals surface area contributed by atoms with E-state index < -0.39 is 0 Å². The fourth-order valence-corrected chi connectivity index (χ4v) is 2.09. The van der Waals surface area contributed by atoms with Gasteiger partial charge in [-0.1, -0.05) is 28.4 Å². The third kappa shape index (κ3) is 1.40. The van der Waals surface area contributed by atoms with E-state index in [0.717, 1.165) is 5.39 Å². The van der Waals surface area contributed by atoms with E-state index in [-0.39, 0.29) is 0 Å². The van der Waals surface area contributed by atoms with Crippen LogP contribution in [0.2, 0.25) is 10.0 Å². The van der Waals surface area contributed by atoms with Crippen LogP contribution in [0.5, 0.6) is 0 Å². The summed E-state index contributed by atoms with van der Waals surface area (Å²) in [6.07, 6.45) is 1.57. The Kier molecular flexibility index (Phi) is 2.16. The lowest BCUT2D eigenvalue weighted by atomic mass is 10.2. The third-order valence-corrected chi connectivity index (χ3v) is 2.75. The fraction of sp³-hybridized carbons (Fsp3) is 0. The molecule has 0 N–H and O–H groups in total. The number of hydrogen-bond donors (Lipinski definition) is 0. The van der Waals surface area contributed by atoms with Crippen molar-refractivity contribution in [3.8, 4) is 11.5 Å². The quantitative estimate of drug-likeness (QED) is 0.646. The highest BCUT2D eigenvalue weighted by Gasteiger charge is 2.15. The second kappa shape index (κ2) is 3.54. The third-order valence-electron chi connectivity index (χ3n) is 2.25. The molecule has 5 heteroatoms. The van der Waals surface area contributed by atoms with Crippen molar-refractivity contribution in [2.45, 2.75) is 0 Å². The molecule has 3 rings (SSSR count). The molecule has 0 fully saturated rings. The largest absolute Gasteiger partial charge is 0.463 e. The first-order valence-electron chi connectivity index (χ1n) is 4.54. The van der Waals surface area contributed by atoms with Gasteiger partial charge in [0.25, 0.3) is 0 Å². The predicted octanol–water partition coefficient (Wildman–Crippen LogP) is 4.39. The maximum Gasteiger partial charge on any atom is 0.186 e. The van der Waals surface area contributed by atoms with Gasteiger partial charge in [0.1, 0.15) is 0 Å². The van der Waals surface area contributed by atoms with Crippen molar-refractivity contribution in [1.29, 1.82) is 0 Å². The van der Waals surface area contributed by atoms with Gasteiger partial charge in [-0.15, -0.1) is 0 Å². The smallest absolute Gasteiger partial charge is 0.186 e. The molecule has 0 saturated carbocycles. The van der Waals surface area contributed by atoms with Gasteiger partial charge in [-0.25, -0.2) is 0 Å². The molecule has 0 aliphatic rings. The van der Waals surface area contributed by atoms with E-state index in [4.69, 9.17) is 32.1 Å². The molecule has 0 amide bonds. The van der Waals surface area contributed by atoms with Crippen LogP contribution in [0.15, 0.2) is 39.5 Å². The molecule has 80 valence electrons. The minimum absolute atomic E-state index is 0.438. The predicted molar refractivity (Wildman–Crippen MR) is 61.7 cm³/mol. The number of halogens is 2. The molecule has 0 unspecified atom stereocenters. The first-order chi connectivity index (χ1) is 7.75. The summed E-state index contributed by atoms with van der Waals surface area (Å²) in [5.74, 6) is 0.622. The number of rotatable bonds is 1. The van der Waals surface area contributed by atoms with E-state index >= 15 is 0 Å². The van der Waals surface area contributed by atoms with Crippen molar-refractivity contribution in [3.63, 3.8) is 0 Å². The molecule has 3 nitrogen and oxygen atoms in total. The Labute approximate surface area is 101 Å². The van der Waals surface area contributed by atoms with Crippen LogP contribution in [0, 0.1) is 0 Å². The number of furan rings is 1. The summed E-state index contributed by atoms with van der Waals surface area (Å²) in [4.78, 5) is 0. The molecule has 1 aromatic carbocycles. The summed E-state index contributed by atoms with van der Waals surface area (Å²) >= 11 is 11.9. The molecule has 3 aromatic rings. The summed E-state index contributed by atoms with van der Waals surface area (Å²) < 4.78 is 10.4. The zero-order valence-corrected chi connectivity index (χ0v) is 9.42. The van der Waals surface area contributed by atoms with E-state index in [1.54, 1.807) is 30.5 Å². The van der Waals surface area contributed by atoms with Crippen molar-refractivity contribution in [3.05, 3.63) is 40.6 Å². The minimum atomic E-state index is 0.438.